The van der Waals surface area contributed by atoms with Crippen LogP contribution in [-0.2, 0) is 0 Å². The van der Waals surface area contributed by atoms with Crippen LogP contribution in [-0.4, -0.2) is 6.71 Å². The first-order valence-electron chi connectivity index (χ1n) is 13.1. The predicted octanol–water partition coefficient (Wildman–Crippen LogP) is 8.11. The van der Waals surface area contributed by atoms with Crippen LogP contribution in [0.5, 0.6) is 11.5 Å². The SMILES string of the molecule is CC(C)c1cc(C(C)C)c(B2c3ccccc3Oc3cc(-c4cccc(Br)c4)ccc32)c(C(C)C)c1. The van der Waals surface area contributed by atoms with Crippen molar-refractivity contribution in [2.24, 2.45) is 0 Å². The molecule has 1 aliphatic rings. The lowest BCUT2D eigenvalue weighted by atomic mass is 9.34. The first-order chi connectivity index (χ1) is 17.2. The van der Waals surface area contributed by atoms with Gasteiger partial charge in [-0.15, -0.1) is 0 Å². The molecule has 4 aromatic rings. The molecule has 36 heavy (non-hydrogen) atoms. The summed E-state index contributed by atoms with van der Waals surface area (Å²) in [6.07, 6.45) is 0. The average Bonchev–Trinajstić information content (AvgIpc) is 2.86. The molecule has 0 radical (unpaired) electrons. The number of fused-ring (bicyclic) bond motifs is 2. The molecule has 182 valence electrons. The normalized spacial score (nSPS) is 12.7. The molecule has 1 nitrogen and oxygen atoms in total. The number of hydrogen-bond donors (Lipinski definition) is 0. The molecule has 0 N–H and O–H groups in total. The molecule has 1 heterocycles. The van der Waals surface area contributed by atoms with Crippen molar-refractivity contribution in [3.8, 4) is 22.6 Å². The standard InChI is InChI=1S/C33H34BBrO/c1-20(2)25-17-27(21(3)4)33(28(18-25)22(5)6)34-29-12-7-8-13-31(29)36-32-19-24(14-15-30(32)34)23-10-9-11-26(35)16-23/h7-22H,1-6H3. The fourth-order valence-electron chi connectivity index (χ4n) is 5.46. The lowest BCUT2D eigenvalue weighted by Gasteiger charge is -2.32. The van der Waals surface area contributed by atoms with Crippen molar-refractivity contribution in [3.05, 3.63) is 100 Å². The van der Waals surface area contributed by atoms with Crippen LogP contribution in [0.1, 0.15) is 76.0 Å². The van der Waals surface area contributed by atoms with Gasteiger partial charge in [0.05, 0.1) is 0 Å². The van der Waals surface area contributed by atoms with Crippen LogP contribution in [0.15, 0.2) is 83.3 Å². The molecule has 1 aliphatic heterocycles. The molecule has 0 aromatic heterocycles. The second-order valence-electron chi connectivity index (χ2n) is 10.9. The molecule has 3 heteroatoms. The molecule has 4 aromatic carbocycles. The minimum absolute atomic E-state index is 0.137. The van der Waals surface area contributed by atoms with Crippen molar-refractivity contribution in [3.63, 3.8) is 0 Å². The number of hydrogen-bond acceptors (Lipinski definition) is 1. The lowest BCUT2D eigenvalue weighted by Crippen LogP contribution is -2.57. The maximum atomic E-state index is 6.57. The monoisotopic (exact) mass is 536 g/mol. The number of rotatable bonds is 5. The molecule has 5 rings (SSSR count). The van der Waals surface area contributed by atoms with E-state index in [9.17, 15) is 0 Å². The van der Waals surface area contributed by atoms with Gasteiger partial charge in [-0.25, -0.2) is 0 Å². The summed E-state index contributed by atoms with van der Waals surface area (Å²) in [6, 6.07) is 28.7. The Balaban J connectivity index is 1.78. The van der Waals surface area contributed by atoms with Gasteiger partial charge in [0.25, 0.3) is 6.71 Å². The van der Waals surface area contributed by atoms with Gasteiger partial charge in [-0.3, -0.25) is 0 Å². The summed E-state index contributed by atoms with van der Waals surface area (Å²) in [5.74, 6) is 3.26. The zero-order chi connectivity index (χ0) is 25.6. The van der Waals surface area contributed by atoms with Crippen molar-refractivity contribution in [1.29, 1.82) is 0 Å². The van der Waals surface area contributed by atoms with Crippen LogP contribution in [0.3, 0.4) is 0 Å². The zero-order valence-electron chi connectivity index (χ0n) is 22.1. The van der Waals surface area contributed by atoms with Crippen LogP contribution in [0.25, 0.3) is 11.1 Å². The summed E-state index contributed by atoms with van der Waals surface area (Å²) >= 11 is 3.62. The van der Waals surface area contributed by atoms with Crippen molar-refractivity contribution in [2.75, 3.05) is 0 Å². The average molecular weight is 537 g/mol. The Morgan fingerprint density at radius 3 is 1.89 bits per heavy atom. The van der Waals surface area contributed by atoms with Crippen LogP contribution in [0.4, 0.5) is 0 Å². The fraction of sp³-hybridized carbons (Fsp3) is 0.273. The van der Waals surface area contributed by atoms with E-state index in [-0.39, 0.29) is 6.71 Å². The number of halogens is 1. The molecule has 0 saturated carbocycles. The van der Waals surface area contributed by atoms with Gasteiger partial charge in [-0.05, 0) is 80.8 Å². The number of para-hydroxylation sites is 1. The Kier molecular flexibility index (Phi) is 6.87. The van der Waals surface area contributed by atoms with Gasteiger partial charge in [-0.2, -0.15) is 0 Å². The third-order valence-electron chi connectivity index (χ3n) is 7.40. The van der Waals surface area contributed by atoms with E-state index in [0.29, 0.717) is 17.8 Å². The maximum absolute atomic E-state index is 6.57. The highest BCUT2D eigenvalue weighted by molar-refractivity contribution is 9.10. The van der Waals surface area contributed by atoms with Gasteiger partial charge in [0, 0.05) is 4.47 Å². The fourth-order valence-corrected chi connectivity index (χ4v) is 5.86. The number of ether oxygens (including phenoxy) is 1. The topological polar surface area (TPSA) is 9.23 Å². The van der Waals surface area contributed by atoms with Gasteiger partial charge in [0.1, 0.15) is 11.5 Å². The van der Waals surface area contributed by atoms with E-state index in [1.54, 1.807) is 0 Å². The highest BCUT2D eigenvalue weighted by Crippen LogP contribution is 2.33. The minimum atomic E-state index is 0.137. The lowest BCUT2D eigenvalue weighted by molar-refractivity contribution is 0.487. The summed E-state index contributed by atoms with van der Waals surface area (Å²) in [5, 5.41) is 0. The Morgan fingerprint density at radius 1 is 0.611 bits per heavy atom. The maximum Gasteiger partial charge on any atom is 0.251 e. The zero-order valence-corrected chi connectivity index (χ0v) is 23.7. The highest BCUT2D eigenvalue weighted by Gasteiger charge is 2.36. The van der Waals surface area contributed by atoms with Crippen molar-refractivity contribution >= 4 is 39.0 Å². The largest absolute Gasteiger partial charge is 0.458 e. The van der Waals surface area contributed by atoms with Crippen LogP contribution in [0, 0.1) is 0 Å². The molecule has 0 unspecified atom stereocenters. The molecule has 0 amide bonds. The molecule has 0 fully saturated rings. The predicted molar refractivity (Wildman–Crippen MR) is 159 cm³/mol. The molecular weight excluding hydrogens is 503 g/mol. The molecule has 0 aliphatic carbocycles. The second-order valence-corrected chi connectivity index (χ2v) is 11.8. The third-order valence-corrected chi connectivity index (χ3v) is 7.89. The molecule has 0 bridgehead atoms. The Hall–Kier alpha value is -2.78. The van der Waals surface area contributed by atoms with Crippen molar-refractivity contribution in [2.45, 2.75) is 59.3 Å². The Morgan fingerprint density at radius 2 is 1.25 bits per heavy atom. The van der Waals surface area contributed by atoms with Crippen molar-refractivity contribution < 1.29 is 4.74 Å². The summed E-state index contributed by atoms with van der Waals surface area (Å²) in [7, 11) is 0. The summed E-state index contributed by atoms with van der Waals surface area (Å²) in [4.78, 5) is 0. The van der Waals surface area contributed by atoms with E-state index in [1.165, 1.54) is 38.6 Å². The van der Waals surface area contributed by atoms with Crippen LogP contribution >= 0.6 is 15.9 Å². The van der Waals surface area contributed by atoms with E-state index < -0.39 is 0 Å². The van der Waals surface area contributed by atoms with E-state index in [1.807, 2.05) is 0 Å². The van der Waals surface area contributed by atoms with Gasteiger partial charge < -0.3 is 4.74 Å². The first kappa shape index (κ1) is 24.9. The van der Waals surface area contributed by atoms with Crippen molar-refractivity contribution in [1.82, 2.24) is 0 Å². The van der Waals surface area contributed by atoms with Crippen LogP contribution in [0.2, 0.25) is 0 Å². The first-order valence-corrected chi connectivity index (χ1v) is 13.9. The second kappa shape index (κ2) is 9.94. The summed E-state index contributed by atoms with van der Waals surface area (Å²) in [6.45, 7) is 14.0. The molecular formula is C33H34BBrO. The van der Waals surface area contributed by atoms with Gasteiger partial charge in [0.15, 0.2) is 0 Å². The smallest absolute Gasteiger partial charge is 0.251 e. The third kappa shape index (κ3) is 4.54. The van der Waals surface area contributed by atoms with E-state index >= 15 is 0 Å². The Bertz CT molecular complexity index is 1390. The van der Waals surface area contributed by atoms with Gasteiger partial charge in [0.2, 0.25) is 0 Å². The molecule has 0 atom stereocenters. The minimum Gasteiger partial charge on any atom is -0.458 e. The van der Waals surface area contributed by atoms with Gasteiger partial charge >= 0.3 is 0 Å². The molecule has 0 saturated heterocycles. The van der Waals surface area contributed by atoms with Gasteiger partial charge in [-0.1, -0.05) is 118 Å². The number of benzene rings is 4. The Labute approximate surface area is 225 Å². The quantitative estimate of drug-likeness (QED) is 0.206. The summed E-state index contributed by atoms with van der Waals surface area (Å²) < 4.78 is 7.65. The van der Waals surface area contributed by atoms with Crippen LogP contribution < -0.4 is 21.1 Å². The molecule has 0 spiro atoms. The van der Waals surface area contributed by atoms with E-state index in [2.05, 4.69) is 136 Å². The van der Waals surface area contributed by atoms with E-state index in [4.69, 9.17) is 4.74 Å². The summed E-state index contributed by atoms with van der Waals surface area (Å²) in [5.41, 5.74) is 10.6. The van der Waals surface area contributed by atoms with E-state index in [0.717, 1.165) is 21.5 Å². The highest BCUT2D eigenvalue weighted by atomic mass is 79.9.